The fourth-order valence-corrected chi connectivity index (χ4v) is 3.26. The average molecular weight is 384 g/mol. The number of rotatable bonds is 10. The lowest BCUT2D eigenvalue weighted by Crippen LogP contribution is -2.43. The predicted molar refractivity (Wildman–Crippen MR) is 107 cm³/mol. The van der Waals surface area contributed by atoms with E-state index in [0.29, 0.717) is 5.92 Å². The molecule has 0 aliphatic rings. The Morgan fingerprint density at radius 1 is 1.04 bits per heavy atom. The maximum absolute atomic E-state index is 12.1. The molecule has 1 aromatic rings. The van der Waals surface area contributed by atoms with Gasteiger partial charge in [0.25, 0.3) is 0 Å². The normalized spacial score (nSPS) is 13.0. The lowest BCUT2D eigenvalue weighted by Gasteiger charge is -2.23. The van der Waals surface area contributed by atoms with E-state index in [1.807, 2.05) is 0 Å². The molecule has 26 heavy (non-hydrogen) atoms. The van der Waals surface area contributed by atoms with Crippen LogP contribution in [0.5, 0.6) is 0 Å². The molecule has 0 saturated carbocycles. The highest BCUT2D eigenvalue weighted by Gasteiger charge is 2.18. The van der Waals surface area contributed by atoms with E-state index in [4.69, 9.17) is 0 Å². The number of carbonyl (C=O) groups excluding carboxylic acids is 1. The number of hydrogen-bond acceptors (Lipinski definition) is 3. The molecule has 0 spiro atoms. The van der Waals surface area contributed by atoms with Crippen molar-refractivity contribution in [2.45, 2.75) is 47.1 Å². The molecule has 7 heteroatoms. The molecule has 0 fully saturated rings. The first-order valence-electron chi connectivity index (χ1n) is 9.25. The van der Waals surface area contributed by atoms with Gasteiger partial charge < -0.3 is 10.6 Å². The monoisotopic (exact) mass is 383 g/mol. The van der Waals surface area contributed by atoms with Gasteiger partial charge in [-0.15, -0.1) is 0 Å². The standard InChI is InChI=1S/C19H33N3O3S/c1-6-26(24,25)21-12-11-20-19(23)22-18(15(4)5)17-9-7-16(8-10-17)13-14(2)3/h7-10,14-15,18,21H,6,11-13H2,1-5H3,(H2,20,22,23). The first-order valence-corrected chi connectivity index (χ1v) is 10.9. The first kappa shape index (κ1) is 22.4. The van der Waals surface area contributed by atoms with E-state index in [9.17, 15) is 13.2 Å². The minimum atomic E-state index is -3.23. The molecule has 3 N–H and O–H groups in total. The third kappa shape index (κ3) is 8.19. The van der Waals surface area contributed by atoms with Crippen molar-refractivity contribution in [3.8, 4) is 0 Å². The van der Waals surface area contributed by atoms with Crippen LogP contribution in [0, 0.1) is 11.8 Å². The largest absolute Gasteiger partial charge is 0.337 e. The number of nitrogens with one attached hydrogen (secondary N) is 3. The third-order valence-electron chi connectivity index (χ3n) is 4.05. The fourth-order valence-electron chi connectivity index (χ4n) is 2.64. The second-order valence-electron chi connectivity index (χ2n) is 7.26. The van der Waals surface area contributed by atoms with E-state index in [1.165, 1.54) is 5.56 Å². The van der Waals surface area contributed by atoms with Crippen LogP contribution in [0.15, 0.2) is 24.3 Å². The van der Waals surface area contributed by atoms with Crippen LogP contribution in [-0.2, 0) is 16.4 Å². The van der Waals surface area contributed by atoms with E-state index < -0.39 is 10.0 Å². The molecule has 1 atom stereocenters. The Balaban J connectivity index is 2.58. The van der Waals surface area contributed by atoms with Crippen LogP contribution in [0.4, 0.5) is 4.79 Å². The zero-order valence-electron chi connectivity index (χ0n) is 16.5. The summed E-state index contributed by atoms with van der Waals surface area (Å²) in [5.74, 6) is 0.868. The molecule has 148 valence electrons. The van der Waals surface area contributed by atoms with E-state index in [2.05, 4.69) is 67.3 Å². The highest BCUT2D eigenvalue weighted by atomic mass is 32.2. The second-order valence-corrected chi connectivity index (χ2v) is 9.35. The molecule has 0 heterocycles. The van der Waals surface area contributed by atoms with Crippen molar-refractivity contribution in [2.24, 2.45) is 11.8 Å². The number of amides is 2. The molecule has 0 bridgehead atoms. The molecule has 2 amide bonds. The number of carbonyl (C=O) groups is 1. The van der Waals surface area contributed by atoms with Crippen molar-refractivity contribution in [1.29, 1.82) is 0 Å². The number of sulfonamides is 1. The number of hydrogen-bond donors (Lipinski definition) is 3. The summed E-state index contributed by atoms with van der Waals surface area (Å²) in [6, 6.07) is 7.96. The van der Waals surface area contributed by atoms with Crippen molar-refractivity contribution in [1.82, 2.24) is 15.4 Å². The first-order chi connectivity index (χ1) is 12.1. The zero-order chi connectivity index (χ0) is 19.7. The Bertz CT molecular complexity index is 655. The summed E-state index contributed by atoms with van der Waals surface area (Å²) < 4.78 is 25.1. The van der Waals surface area contributed by atoms with E-state index in [-0.39, 0.29) is 36.8 Å². The number of benzene rings is 1. The van der Waals surface area contributed by atoms with Gasteiger partial charge >= 0.3 is 6.03 Å². The number of urea groups is 1. The minimum absolute atomic E-state index is 0.0292. The maximum Gasteiger partial charge on any atom is 0.315 e. The summed E-state index contributed by atoms with van der Waals surface area (Å²) in [6.45, 7) is 10.5. The van der Waals surface area contributed by atoms with Crippen LogP contribution in [0.1, 0.15) is 51.8 Å². The quantitative estimate of drug-likeness (QED) is 0.543. The molecule has 1 rings (SSSR count). The van der Waals surface area contributed by atoms with Gasteiger partial charge in [-0.25, -0.2) is 17.9 Å². The molecular weight excluding hydrogens is 350 g/mol. The van der Waals surface area contributed by atoms with Crippen LogP contribution < -0.4 is 15.4 Å². The third-order valence-corrected chi connectivity index (χ3v) is 5.45. The van der Waals surface area contributed by atoms with Gasteiger partial charge in [0.2, 0.25) is 10.0 Å². The van der Waals surface area contributed by atoms with Gasteiger partial charge in [-0.05, 0) is 36.3 Å². The Kier molecular flexibility index (Phi) is 9.08. The summed E-state index contributed by atoms with van der Waals surface area (Å²) in [5, 5.41) is 5.67. The fraction of sp³-hybridized carbons (Fsp3) is 0.632. The smallest absolute Gasteiger partial charge is 0.315 e. The topological polar surface area (TPSA) is 87.3 Å². The maximum atomic E-state index is 12.1. The Morgan fingerprint density at radius 2 is 1.65 bits per heavy atom. The van der Waals surface area contributed by atoms with Crippen molar-refractivity contribution in [3.05, 3.63) is 35.4 Å². The van der Waals surface area contributed by atoms with Gasteiger partial charge in [0, 0.05) is 13.1 Å². The van der Waals surface area contributed by atoms with Gasteiger partial charge in [-0.2, -0.15) is 0 Å². The van der Waals surface area contributed by atoms with Crippen LogP contribution >= 0.6 is 0 Å². The second kappa shape index (κ2) is 10.5. The van der Waals surface area contributed by atoms with Crippen molar-refractivity contribution >= 4 is 16.1 Å². The van der Waals surface area contributed by atoms with Crippen molar-refractivity contribution < 1.29 is 13.2 Å². The molecule has 6 nitrogen and oxygen atoms in total. The van der Waals surface area contributed by atoms with Gasteiger partial charge in [0.1, 0.15) is 0 Å². The summed E-state index contributed by atoms with van der Waals surface area (Å²) in [6.07, 6.45) is 1.04. The molecule has 0 radical (unpaired) electrons. The van der Waals surface area contributed by atoms with Gasteiger partial charge in [0.15, 0.2) is 0 Å². The molecule has 0 saturated heterocycles. The van der Waals surface area contributed by atoms with Gasteiger partial charge in [-0.1, -0.05) is 52.0 Å². The van der Waals surface area contributed by atoms with Crippen LogP contribution in [0.25, 0.3) is 0 Å². The Hall–Kier alpha value is -1.60. The van der Waals surface area contributed by atoms with Crippen LogP contribution in [0.2, 0.25) is 0 Å². The lowest BCUT2D eigenvalue weighted by atomic mass is 9.94. The average Bonchev–Trinajstić information content (AvgIpc) is 2.57. The summed E-state index contributed by atoms with van der Waals surface area (Å²) in [7, 11) is -3.23. The predicted octanol–water partition coefficient (Wildman–Crippen LogP) is 2.82. The van der Waals surface area contributed by atoms with Crippen molar-refractivity contribution in [2.75, 3.05) is 18.8 Å². The molecule has 0 aliphatic carbocycles. The Labute approximate surface area is 158 Å². The van der Waals surface area contributed by atoms with E-state index >= 15 is 0 Å². The Morgan fingerprint density at radius 3 is 2.15 bits per heavy atom. The summed E-state index contributed by atoms with van der Waals surface area (Å²) >= 11 is 0. The van der Waals surface area contributed by atoms with Gasteiger partial charge in [0.05, 0.1) is 11.8 Å². The summed E-state index contributed by atoms with van der Waals surface area (Å²) in [4.78, 5) is 12.1. The molecule has 0 aromatic heterocycles. The SMILES string of the molecule is CCS(=O)(=O)NCCNC(=O)NC(c1ccc(CC(C)C)cc1)C(C)C. The zero-order valence-corrected chi connectivity index (χ0v) is 17.3. The highest BCUT2D eigenvalue weighted by molar-refractivity contribution is 7.89. The highest BCUT2D eigenvalue weighted by Crippen LogP contribution is 2.22. The molecule has 0 aliphatic heterocycles. The lowest BCUT2D eigenvalue weighted by molar-refractivity contribution is 0.233. The van der Waals surface area contributed by atoms with Gasteiger partial charge in [-0.3, -0.25) is 0 Å². The summed E-state index contributed by atoms with van der Waals surface area (Å²) in [5.41, 5.74) is 2.35. The van der Waals surface area contributed by atoms with Crippen molar-refractivity contribution in [3.63, 3.8) is 0 Å². The van der Waals surface area contributed by atoms with Crippen LogP contribution in [0.3, 0.4) is 0 Å². The van der Waals surface area contributed by atoms with E-state index in [1.54, 1.807) is 6.92 Å². The molecule has 1 unspecified atom stereocenters. The van der Waals surface area contributed by atoms with E-state index in [0.717, 1.165) is 12.0 Å². The molecule has 1 aromatic carbocycles. The van der Waals surface area contributed by atoms with Crippen LogP contribution in [-0.4, -0.2) is 33.3 Å². The molecular formula is C19H33N3O3S. The minimum Gasteiger partial charge on any atom is -0.337 e.